The molecule has 1 heterocycles. The van der Waals surface area contributed by atoms with Crippen LogP contribution < -0.4 is 0 Å². The third-order valence-corrected chi connectivity index (χ3v) is 3.95. The summed E-state index contributed by atoms with van der Waals surface area (Å²) in [6, 6.07) is 0. The smallest absolute Gasteiger partial charge is 0.169 e. The van der Waals surface area contributed by atoms with E-state index in [1.54, 1.807) is 0 Å². The van der Waals surface area contributed by atoms with E-state index < -0.39 is 0 Å². The Bertz CT molecular complexity index is 230. The van der Waals surface area contributed by atoms with Crippen molar-refractivity contribution >= 4 is 0 Å². The SMILES string of the molecule is C=CC[C@@]1(C)CC[C@@H]1C1(C)OCCO1. The predicted octanol–water partition coefficient (Wildman–Crippen LogP) is 2.74. The van der Waals surface area contributed by atoms with Crippen molar-refractivity contribution in [3.63, 3.8) is 0 Å². The second kappa shape index (κ2) is 3.35. The van der Waals surface area contributed by atoms with Gasteiger partial charge in [0.15, 0.2) is 5.79 Å². The molecule has 1 saturated heterocycles. The lowest BCUT2D eigenvalue weighted by Gasteiger charge is -2.52. The highest BCUT2D eigenvalue weighted by molar-refractivity contribution is 5.02. The number of hydrogen-bond donors (Lipinski definition) is 0. The van der Waals surface area contributed by atoms with Gasteiger partial charge in [0, 0.05) is 5.92 Å². The fraction of sp³-hybridized carbons (Fsp3) is 0.833. The van der Waals surface area contributed by atoms with Crippen LogP contribution in [0.1, 0.15) is 33.1 Å². The summed E-state index contributed by atoms with van der Waals surface area (Å²) in [5.41, 5.74) is 0.348. The maximum atomic E-state index is 5.73. The molecule has 0 aromatic heterocycles. The lowest BCUT2D eigenvalue weighted by atomic mass is 9.56. The third-order valence-electron chi connectivity index (χ3n) is 3.95. The molecule has 1 saturated carbocycles. The fourth-order valence-electron chi connectivity index (χ4n) is 2.98. The summed E-state index contributed by atoms with van der Waals surface area (Å²) in [6.45, 7) is 9.73. The number of allylic oxidation sites excluding steroid dienone is 1. The Hall–Kier alpha value is -0.340. The van der Waals surface area contributed by atoms with E-state index in [9.17, 15) is 0 Å². The highest BCUT2D eigenvalue weighted by atomic mass is 16.7. The molecule has 2 heteroatoms. The molecule has 2 nitrogen and oxygen atoms in total. The highest BCUT2D eigenvalue weighted by Gasteiger charge is 2.54. The van der Waals surface area contributed by atoms with Gasteiger partial charge in [0.05, 0.1) is 13.2 Å². The van der Waals surface area contributed by atoms with Crippen LogP contribution in [-0.4, -0.2) is 19.0 Å². The Morgan fingerprint density at radius 2 is 2.00 bits per heavy atom. The lowest BCUT2D eigenvalue weighted by molar-refractivity contribution is -0.237. The molecule has 0 aromatic rings. The Kier molecular flexibility index (Phi) is 2.44. The summed E-state index contributed by atoms with van der Waals surface area (Å²) in [7, 11) is 0. The van der Waals surface area contributed by atoms with Gasteiger partial charge in [-0.3, -0.25) is 0 Å². The molecule has 1 aliphatic heterocycles. The first-order chi connectivity index (χ1) is 6.61. The van der Waals surface area contributed by atoms with Crippen LogP contribution in [0, 0.1) is 11.3 Å². The van der Waals surface area contributed by atoms with Gasteiger partial charge in [0.1, 0.15) is 0 Å². The molecule has 0 aromatic carbocycles. The van der Waals surface area contributed by atoms with Gasteiger partial charge < -0.3 is 9.47 Å². The van der Waals surface area contributed by atoms with E-state index in [0.29, 0.717) is 11.3 Å². The second-order valence-electron chi connectivity index (χ2n) is 4.95. The lowest BCUT2D eigenvalue weighted by Crippen LogP contribution is -2.51. The van der Waals surface area contributed by atoms with Crippen LogP contribution in [-0.2, 0) is 9.47 Å². The highest BCUT2D eigenvalue weighted by Crippen LogP contribution is 2.56. The monoisotopic (exact) mass is 196 g/mol. The van der Waals surface area contributed by atoms with E-state index in [2.05, 4.69) is 20.4 Å². The first-order valence-corrected chi connectivity index (χ1v) is 5.49. The molecule has 0 bridgehead atoms. The van der Waals surface area contributed by atoms with Crippen LogP contribution in [0.3, 0.4) is 0 Å². The van der Waals surface area contributed by atoms with Crippen molar-refractivity contribution < 1.29 is 9.47 Å². The average Bonchev–Trinajstić information content (AvgIpc) is 2.51. The van der Waals surface area contributed by atoms with Crippen molar-refractivity contribution in [3.05, 3.63) is 12.7 Å². The maximum absolute atomic E-state index is 5.73. The van der Waals surface area contributed by atoms with Crippen LogP contribution in [0.2, 0.25) is 0 Å². The summed E-state index contributed by atoms with van der Waals surface area (Å²) < 4.78 is 11.5. The Morgan fingerprint density at radius 1 is 1.36 bits per heavy atom. The predicted molar refractivity (Wildman–Crippen MR) is 56.0 cm³/mol. The van der Waals surface area contributed by atoms with Crippen molar-refractivity contribution in [2.24, 2.45) is 11.3 Å². The molecule has 0 N–H and O–H groups in total. The Labute approximate surface area is 86.3 Å². The standard InChI is InChI=1S/C12H20O2/c1-4-6-11(2)7-5-10(11)12(3)13-8-9-14-12/h4,10H,1,5-9H2,2-3H3/t10-,11-/m0/s1. The summed E-state index contributed by atoms with van der Waals surface area (Å²) in [5, 5.41) is 0. The largest absolute Gasteiger partial charge is 0.348 e. The van der Waals surface area contributed by atoms with Gasteiger partial charge in [-0.2, -0.15) is 0 Å². The van der Waals surface area contributed by atoms with E-state index in [4.69, 9.17) is 9.47 Å². The molecule has 1 aliphatic carbocycles. The van der Waals surface area contributed by atoms with Gasteiger partial charge in [-0.25, -0.2) is 0 Å². The van der Waals surface area contributed by atoms with Gasteiger partial charge in [0.2, 0.25) is 0 Å². The summed E-state index contributed by atoms with van der Waals surface area (Å²) in [6.07, 6.45) is 5.58. The van der Waals surface area contributed by atoms with Crippen molar-refractivity contribution in [2.45, 2.75) is 38.9 Å². The third kappa shape index (κ3) is 1.41. The molecule has 2 fully saturated rings. The fourth-order valence-corrected chi connectivity index (χ4v) is 2.98. The minimum Gasteiger partial charge on any atom is -0.348 e. The van der Waals surface area contributed by atoms with E-state index >= 15 is 0 Å². The number of ether oxygens (including phenoxy) is 2. The van der Waals surface area contributed by atoms with Gasteiger partial charge in [-0.1, -0.05) is 13.0 Å². The molecular formula is C12H20O2. The van der Waals surface area contributed by atoms with Gasteiger partial charge >= 0.3 is 0 Å². The maximum Gasteiger partial charge on any atom is 0.169 e. The number of rotatable bonds is 3. The quantitative estimate of drug-likeness (QED) is 0.646. The zero-order chi connectivity index (χ0) is 10.2. The van der Waals surface area contributed by atoms with Crippen LogP contribution in [0.25, 0.3) is 0 Å². The first-order valence-electron chi connectivity index (χ1n) is 5.49. The molecule has 0 amide bonds. The van der Waals surface area contributed by atoms with Crippen LogP contribution in [0.4, 0.5) is 0 Å². The van der Waals surface area contributed by atoms with E-state index in [1.807, 2.05) is 6.08 Å². The molecule has 14 heavy (non-hydrogen) atoms. The molecule has 80 valence electrons. The van der Waals surface area contributed by atoms with Crippen molar-refractivity contribution in [3.8, 4) is 0 Å². The van der Waals surface area contributed by atoms with Crippen molar-refractivity contribution in [1.82, 2.24) is 0 Å². The minimum absolute atomic E-state index is 0.323. The Morgan fingerprint density at radius 3 is 2.43 bits per heavy atom. The topological polar surface area (TPSA) is 18.5 Å². The Balaban J connectivity index is 2.07. The van der Waals surface area contributed by atoms with E-state index in [1.165, 1.54) is 12.8 Å². The van der Waals surface area contributed by atoms with Gasteiger partial charge in [-0.15, -0.1) is 6.58 Å². The van der Waals surface area contributed by atoms with Crippen molar-refractivity contribution in [2.75, 3.05) is 13.2 Å². The minimum atomic E-state index is -0.323. The molecule has 2 aliphatic rings. The zero-order valence-electron chi connectivity index (χ0n) is 9.21. The summed E-state index contributed by atoms with van der Waals surface area (Å²) >= 11 is 0. The van der Waals surface area contributed by atoms with Gasteiger partial charge in [0.25, 0.3) is 0 Å². The molecule has 0 radical (unpaired) electrons. The summed E-state index contributed by atoms with van der Waals surface area (Å²) in [5.74, 6) is 0.214. The van der Waals surface area contributed by atoms with Gasteiger partial charge in [-0.05, 0) is 31.6 Å². The van der Waals surface area contributed by atoms with E-state index in [-0.39, 0.29) is 5.79 Å². The van der Waals surface area contributed by atoms with E-state index in [0.717, 1.165) is 19.6 Å². The number of hydrogen-bond acceptors (Lipinski definition) is 2. The van der Waals surface area contributed by atoms with Crippen LogP contribution in [0.15, 0.2) is 12.7 Å². The summed E-state index contributed by atoms with van der Waals surface area (Å²) in [4.78, 5) is 0. The normalized spacial score (nSPS) is 40.6. The zero-order valence-corrected chi connectivity index (χ0v) is 9.21. The van der Waals surface area contributed by atoms with Crippen molar-refractivity contribution in [1.29, 1.82) is 0 Å². The molecule has 0 unspecified atom stereocenters. The first kappa shape index (κ1) is 10.2. The molecule has 2 atom stereocenters. The second-order valence-corrected chi connectivity index (χ2v) is 4.95. The molecule has 2 rings (SSSR count). The van der Waals surface area contributed by atoms with Crippen LogP contribution in [0.5, 0.6) is 0 Å². The molecular weight excluding hydrogens is 176 g/mol. The van der Waals surface area contributed by atoms with Crippen LogP contribution >= 0.6 is 0 Å². The molecule has 0 spiro atoms. The average molecular weight is 196 g/mol.